The third-order valence-electron chi connectivity index (χ3n) is 2.93. The maximum atomic E-state index is 13.4. The Labute approximate surface area is 123 Å². The van der Waals surface area contributed by atoms with Gasteiger partial charge in [-0.25, -0.2) is 13.2 Å². The average molecular weight is 312 g/mol. The Bertz CT molecular complexity index is 721. The van der Waals surface area contributed by atoms with Crippen molar-refractivity contribution in [2.75, 3.05) is 6.61 Å². The molecule has 2 N–H and O–H groups in total. The number of hydrogen-bond acceptors (Lipinski definition) is 4. The van der Waals surface area contributed by atoms with Gasteiger partial charge >= 0.3 is 0 Å². The fourth-order valence-corrected chi connectivity index (χ4v) is 1.79. The Balaban J connectivity index is 2.19. The molecule has 0 radical (unpaired) electrons. The van der Waals surface area contributed by atoms with Crippen molar-refractivity contribution < 1.29 is 32.9 Å². The number of benzene rings is 2. The van der Waals surface area contributed by atoms with Crippen LogP contribution in [0.5, 0.6) is 17.2 Å². The predicted molar refractivity (Wildman–Crippen MR) is 70.7 cm³/mol. The number of rotatable bonds is 4. The van der Waals surface area contributed by atoms with Crippen LogP contribution in [0, 0.1) is 24.4 Å². The molecular weight excluding hydrogens is 301 g/mol. The Morgan fingerprint density at radius 2 is 1.64 bits per heavy atom. The van der Waals surface area contributed by atoms with Crippen LogP contribution in [0.2, 0.25) is 0 Å². The summed E-state index contributed by atoms with van der Waals surface area (Å²) in [5.41, 5.74) is 0.165. The van der Waals surface area contributed by atoms with Crippen LogP contribution in [0.3, 0.4) is 0 Å². The minimum absolute atomic E-state index is 0.168. The summed E-state index contributed by atoms with van der Waals surface area (Å²) in [5.74, 6) is -6.01. The molecule has 0 unspecified atom stereocenters. The van der Waals surface area contributed by atoms with E-state index in [4.69, 9.17) is 4.74 Å². The van der Waals surface area contributed by atoms with Gasteiger partial charge in [0.05, 0.1) is 5.56 Å². The van der Waals surface area contributed by atoms with Gasteiger partial charge in [-0.1, -0.05) is 0 Å². The van der Waals surface area contributed by atoms with Gasteiger partial charge in [0.2, 0.25) is 5.78 Å². The first kappa shape index (κ1) is 15.7. The lowest BCUT2D eigenvalue weighted by molar-refractivity contribution is 0.0912. The topological polar surface area (TPSA) is 66.8 Å². The summed E-state index contributed by atoms with van der Waals surface area (Å²) in [4.78, 5) is 11.9. The summed E-state index contributed by atoms with van der Waals surface area (Å²) in [6.07, 6.45) is 0. The Hall–Kier alpha value is -2.70. The molecule has 2 aromatic carbocycles. The number of halogens is 3. The molecule has 0 saturated carbocycles. The number of aryl methyl sites for hydroxylation is 1. The molecule has 116 valence electrons. The lowest BCUT2D eigenvalue weighted by Gasteiger charge is -2.10. The van der Waals surface area contributed by atoms with Crippen LogP contribution in [0.4, 0.5) is 13.2 Å². The molecule has 7 heteroatoms. The fourth-order valence-electron chi connectivity index (χ4n) is 1.79. The zero-order valence-corrected chi connectivity index (χ0v) is 11.4. The van der Waals surface area contributed by atoms with Crippen molar-refractivity contribution >= 4 is 5.78 Å². The first-order valence-electron chi connectivity index (χ1n) is 6.12. The molecule has 4 nitrogen and oxygen atoms in total. The molecule has 2 aromatic rings. The maximum absolute atomic E-state index is 13.4. The number of carbonyl (C=O) groups excluding carboxylic acids is 1. The first-order valence-corrected chi connectivity index (χ1v) is 6.12. The van der Waals surface area contributed by atoms with Gasteiger partial charge in [-0.05, 0) is 18.6 Å². The second-order valence-corrected chi connectivity index (χ2v) is 4.57. The van der Waals surface area contributed by atoms with E-state index >= 15 is 0 Å². The van der Waals surface area contributed by atoms with E-state index in [1.807, 2.05) is 0 Å². The van der Waals surface area contributed by atoms with E-state index in [0.717, 1.165) is 6.07 Å². The summed E-state index contributed by atoms with van der Waals surface area (Å²) in [7, 11) is 0. The first-order chi connectivity index (χ1) is 10.3. The Morgan fingerprint density at radius 3 is 2.23 bits per heavy atom. The van der Waals surface area contributed by atoms with Gasteiger partial charge in [0.25, 0.3) is 0 Å². The lowest BCUT2D eigenvalue weighted by Crippen LogP contribution is -2.13. The van der Waals surface area contributed by atoms with Gasteiger partial charge in [0, 0.05) is 18.2 Å². The highest BCUT2D eigenvalue weighted by Gasteiger charge is 2.18. The van der Waals surface area contributed by atoms with Gasteiger partial charge in [-0.3, -0.25) is 4.79 Å². The van der Waals surface area contributed by atoms with Gasteiger partial charge in [-0.2, -0.15) is 0 Å². The molecule has 0 bridgehead atoms. The van der Waals surface area contributed by atoms with Gasteiger partial charge < -0.3 is 14.9 Å². The van der Waals surface area contributed by atoms with E-state index in [-0.39, 0.29) is 11.3 Å². The molecule has 0 amide bonds. The molecule has 0 aliphatic rings. The van der Waals surface area contributed by atoms with Crippen molar-refractivity contribution in [1.29, 1.82) is 0 Å². The van der Waals surface area contributed by atoms with E-state index in [1.54, 1.807) is 0 Å². The van der Waals surface area contributed by atoms with Gasteiger partial charge in [0.15, 0.2) is 24.0 Å². The maximum Gasteiger partial charge on any atom is 0.203 e. The predicted octanol–water partition coefficient (Wildman–Crippen LogP) is 3.09. The molecule has 0 fully saturated rings. The largest absolute Gasteiger partial charge is 0.508 e. The van der Waals surface area contributed by atoms with Gasteiger partial charge in [0.1, 0.15) is 17.3 Å². The number of carbonyl (C=O) groups is 1. The summed E-state index contributed by atoms with van der Waals surface area (Å²) >= 11 is 0. The molecule has 0 aliphatic carbocycles. The standard InChI is InChI=1S/C15H11F3O4/c1-7-2-9(13(20)5-12(7)19)14(21)6-22-15-10(17)3-8(16)4-11(15)18/h2-5,19-20H,6H2,1H3. The monoisotopic (exact) mass is 312 g/mol. The van der Waals surface area contributed by atoms with Crippen molar-refractivity contribution in [3.05, 3.63) is 52.8 Å². The number of ketones is 1. The second kappa shape index (κ2) is 5.97. The molecule has 0 atom stereocenters. The van der Waals surface area contributed by atoms with Crippen LogP contribution >= 0.6 is 0 Å². The van der Waals surface area contributed by atoms with Gasteiger partial charge in [-0.15, -0.1) is 0 Å². The third-order valence-corrected chi connectivity index (χ3v) is 2.93. The summed E-state index contributed by atoms with van der Waals surface area (Å²) in [5, 5.41) is 19.0. The van der Waals surface area contributed by atoms with E-state index in [1.165, 1.54) is 13.0 Å². The highest BCUT2D eigenvalue weighted by molar-refractivity contribution is 6.00. The summed E-state index contributed by atoms with van der Waals surface area (Å²) < 4.78 is 44.2. The molecule has 0 heterocycles. The smallest absolute Gasteiger partial charge is 0.203 e. The molecule has 2 rings (SSSR count). The lowest BCUT2D eigenvalue weighted by atomic mass is 10.1. The second-order valence-electron chi connectivity index (χ2n) is 4.57. The molecule has 0 aliphatic heterocycles. The normalized spacial score (nSPS) is 10.5. The van der Waals surface area contributed by atoms with Crippen molar-refractivity contribution in [1.82, 2.24) is 0 Å². The third kappa shape index (κ3) is 3.13. The summed E-state index contributed by atoms with van der Waals surface area (Å²) in [6, 6.07) is 3.03. The number of phenols is 2. The number of hydrogen-bond donors (Lipinski definition) is 2. The van der Waals surface area contributed by atoms with Crippen LogP contribution in [0.1, 0.15) is 15.9 Å². The van der Waals surface area contributed by atoms with Crippen molar-refractivity contribution in [3.8, 4) is 17.2 Å². The van der Waals surface area contributed by atoms with Crippen LogP contribution in [-0.2, 0) is 0 Å². The minimum atomic E-state index is -1.28. The molecule has 0 spiro atoms. The average Bonchev–Trinajstić information content (AvgIpc) is 2.41. The number of aromatic hydroxyl groups is 2. The Kier molecular flexibility index (Phi) is 4.25. The minimum Gasteiger partial charge on any atom is -0.508 e. The van der Waals surface area contributed by atoms with Crippen LogP contribution < -0.4 is 4.74 Å². The zero-order valence-electron chi connectivity index (χ0n) is 11.4. The summed E-state index contributed by atoms with van der Waals surface area (Å²) in [6.45, 7) is 0.739. The number of ether oxygens (including phenoxy) is 1. The zero-order chi connectivity index (χ0) is 16.4. The van der Waals surface area contributed by atoms with Crippen molar-refractivity contribution in [3.63, 3.8) is 0 Å². The van der Waals surface area contributed by atoms with Crippen LogP contribution in [-0.4, -0.2) is 22.6 Å². The van der Waals surface area contributed by atoms with Crippen molar-refractivity contribution in [2.24, 2.45) is 0 Å². The van der Waals surface area contributed by atoms with E-state index in [0.29, 0.717) is 17.7 Å². The molecular formula is C15H11F3O4. The molecule has 22 heavy (non-hydrogen) atoms. The number of phenolic OH excluding ortho intramolecular Hbond substituents is 2. The highest BCUT2D eigenvalue weighted by atomic mass is 19.1. The SMILES string of the molecule is Cc1cc(C(=O)COc2c(F)cc(F)cc2F)c(O)cc1O. The molecule has 0 aromatic heterocycles. The van der Waals surface area contributed by atoms with Crippen LogP contribution in [0.25, 0.3) is 0 Å². The van der Waals surface area contributed by atoms with E-state index in [9.17, 15) is 28.2 Å². The highest BCUT2D eigenvalue weighted by Crippen LogP contribution is 2.28. The quantitative estimate of drug-likeness (QED) is 0.851. The Morgan fingerprint density at radius 1 is 1.05 bits per heavy atom. The number of Topliss-reactive ketones (excluding diaryl/α,β-unsaturated/α-hetero) is 1. The molecule has 0 saturated heterocycles. The van der Waals surface area contributed by atoms with E-state index < -0.39 is 41.3 Å². The van der Waals surface area contributed by atoms with E-state index in [2.05, 4.69) is 0 Å². The fraction of sp³-hybridized carbons (Fsp3) is 0.133. The van der Waals surface area contributed by atoms with Crippen molar-refractivity contribution in [2.45, 2.75) is 6.92 Å². The van der Waals surface area contributed by atoms with Crippen LogP contribution in [0.15, 0.2) is 24.3 Å².